The third kappa shape index (κ3) is 4.58. The molecule has 1 amide bonds. The van der Waals surface area contributed by atoms with Gasteiger partial charge in [0.2, 0.25) is 5.91 Å². The Hall–Kier alpha value is -1.83. The second kappa shape index (κ2) is 6.80. The maximum Gasteiger partial charge on any atom is 0.313 e. The van der Waals surface area contributed by atoms with Gasteiger partial charge in [-0.3, -0.25) is 14.4 Å². The zero-order chi connectivity index (χ0) is 13.5. The number of likely N-dealkylation sites (N-methyl/N-ethyl adjacent to an activating group) is 1. The minimum atomic E-state index is -1.01. The quantitative estimate of drug-likeness (QED) is 0.537. The number of aliphatic carboxylic acids is 1. The Morgan fingerprint density at radius 1 is 1.56 bits per heavy atom. The summed E-state index contributed by atoms with van der Waals surface area (Å²) in [6.45, 7) is 2.30. The van der Waals surface area contributed by atoms with Crippen LogP contribution in [0.1, 0.15) is 6.92 Å². The van der Waals surface area contributed by atoms with E-state index >= 15 is 0 Å². The molecule has 0 atom stereocenters. The van der Waals surface area contributed by atoms with Gasteiger partial charge in [0.15, 0.2) is 5.16 Å². The van der Waals surface area contributed by atoms with Gasteiger partial charge in [-0.25, -0.2) is 0 Å². The molecule has 1 aromatic heterocycles. The minimum Gasteiger partial charge on any atom is -0.481 e. The number of rotatable bonds is 6. The number of nitrogens with zero attached hydrogens (tertiary/aromatic N) is 2. The summed E-state index contributed by atoms with van der Waals surface area (Å²) in [4.78, 5) is 36.7. The Kier molecular flexibility index (Phi) is 5.37. The van der Waals surface area contributed by atoms with E-state index in [-0.39, 0.29) is 23.4 Å². The van der Waals surface area contributed by atoms with E-state index in [4.69, 9.17) is 5.11 Å². The molecule has 0 aliphatic rings. The molecule has 0 aliphatic carbocycles. The molecule has 1 rings (SSSR count). The molecule has 1 aromatic rings. The molecule has 2 N–H and O–H groups in total. The lowest BCUT2D eigenvalue weighted by Crippen LogP contribution is -2.28. The number of carbonyl (C=O) groups excluding carboxylic acids is 1. The van der Waals surface area contributed by atoms with Crippen molar-refractivity contribution >= 4 is 23.6 Å². The van der Waals surface area contributed by atoms with Crippen molar-refractivity contribution < 1.29 is 14.7 Å². The zero-order valence-corrected chi connectivity index (χ0v) is 10.6. The van der Waals surface area contributed by atoms with Crippen molar-refractivity contribution in [3.05, 3.63) is 22.6 Å². The SMILES string of the molecule is CCNC(=O)Cn1ccc(=O)nc1SCC(=O)O. The van der Waals surface area contributed by atoms with E-state index in [9.17, 15) is 14.4 Å². The molecule has 1 heterocycles. The highest BCUT2D eigenvalue weighted by atomic mass is 32.2. The van der Waals surface area contributed by atoms with E-state index in [0.717, 1.165) is 11.8 Å². The molecule has 0 aromatic carbocycles. The van der Waals surface area contributed by atoms with Crippen LogP contribution in [0.25, 0.3) is 0 Å². The van der Waals surface area contributed by atoms with Crippen LogP contribution in [-0.2, 0) is 16.1 Å². The van der Waals surface area contributed by atoms with Crippen LogP contribution < -0.4 is 10.9 Å². The lowest BCUT2D eigenvalue weighted by molar-refractivity contribution is -0.133. The molecule has 0 fully saturated rings. The average molecular weight is 271 g/mol. The summed E-state index contributed by atoms with van der Waals surface area (Å²) in [5.74, 6) is -1.45. The number of nitrogens with one attached hydrogen (secondary N) is 1. The zero-order valence-electron chi connectivity index (χ0n) is 9.75. The number of hydrogen-bond acceptors (Lipinski definition) is 5. The van der Waals surface area contributed by atoms with Gasteiger partial charge in [0, 0.05) is 18.8 Å². The van der Waals surface area contributed by atoms with Crippen LogP contribution in [0.4, 0.5) is 0 Å². The van der Waals surface area contributed by atoms with Gasteiger partial charge in [0.1, 0.15) is 6.54 Å². The standard InChI is InChI=1S/C10H13N3O4S/c1-2-11-8(15)5-13-4-3-7(14)12-10(13)18-6-9(16)17/h3-4H,2,5-6H2,1H3,(H,11,15)(H,16,17). The van der Waals surface area contributed by atoms with Gasteiger partial charge in [-0.2, -0.15) is 4.98 Å². The molecule has 0 aliphatic heterocycles. The molecule has 0 spiro atoms. The van der Waals surface area contributed by atoms with Crippen LogP contribution in [0, 0.1) is 0 Å². The number of carboxylic acids is 1. The van der Waals surface area contributed by atoms with Gasteiger partial charge >= 0.3 is 5.97 Å². The molecular weight excluding hydrogens is 258 g/mol. The Labute approximate surface area is 107 Å². The van der Waals surface area contributed by atoms with E-state index in [1.54, 1.807) is 6.92 Å². The molecule has 0 saturated carbocycles. The monoisotopic (exact) mass is 271 g/mol. The number of aromatic nitrogens is 2. The number of hydrogen-bond donors (Lipinski definition) is 2. The van der Waals surface area contributed by atoms with E-state index in [1.807, 2.05) is 0 Å². The summed E-state index contributed by atoms with van der Waals surface area (Å²) < 4.78 is 1.44. The predicted molar refractivity (Wildman–Crippen MR) is 65.5 cm³/mol. The van der Waals surface area contributed by atoms with Gasteiger partial charge in [-0.1, -0.05) is 11.8 Å². The lowest BCUT2D eigenvalue weighted by atomic mass is 10.5. The topological polar surface area (TPSA) is 101 Å². The predicted octanol–water partition coefficient (Wildman–Crippen LogP) is -0.444. The van der Waals surface area contributed by atoms with Gasteiger partial charge < -0.3 is 15.0 Å². The fourth-order valence-electron chi connectivity index (χ4n) is 1.18. The van der Waals surface area contributed by atoms with E-state index in [1.165, 1.54) is 16.8 Å². The van der Waals surface area contributed by atoms with Crippen molar-refractivity contribution in [3.63, 3.8) is 0 Å². The maximum absolute atomic E-state index is 11.4. The van der Waals surface area contributed by atoms with Crippen LogP contribution in [0.2, 0.25) is 0 Å². The Morgan fingerprint density at radius 2 is 2.28 bits per heavy atom. The van der Waals surface area contributed by atoms with Crippen LogP contribution in [0.15, 0.2) is 22.2 Å². The van der Waals surface area contributed by atoms with Crippen LogP contribution in [0.5, 0.6) is 0 Å². The van der Waals surface area contributed by atoms with Crippen LogP contribution in [0.3, 0.4) is 0 Å². The molecule has 8 heteroatoms. The van der Waals surface area contributed by atoms with Crippen molar-refractivity contribution in [3.8, 4) is 0 Å². The van der Waals surface area contributed by atoms with Crippen molar-refractivity contribution in [2.75, 3.05) is 12.3 Å². The normalized spacial score (nSPS) is 10.1. The van der Waals surface area contributed by atoms with Crippen LogP contribution in [-0.4, -0.2) is 38.8 Å². The molecule has 0 unspecified atom stereocenters. The van der Waals surface area contributed by atoms with E-state index < -0.39 is 11.5 Å². The molecule has 0 saturated heterocycles. The molecule has 18 heavy (non-hydrogen) atoms. The molecule has 98 valence electrons. The second-order valence-corrected chi connectivity index (χ2v) is 4.25. The minimum absolute atomic E-state index is 0.00305. The molecule has 0 bridgehead atoms. The number of amides is 1. The van der Waals surface area contributed by atoms with Gasteiger partial charge in [-0.05, 0) is 6.92 Å². The highest BCUT2D eigenvalue weighted by Gasteiger charge is 2.09. The van der Waals surface area contributed by atoms with Crippen molar-refractivity contribution in [1.29, 1.82) is 0 Å². The maximum atomic E-state index is 11.4. The van der Waals surface area contributed by atoms with Crippen LogP contribution >= 0.6 is 11.8 Å². The fraction of sp³-hybridized carbons (Fsp3) is 0.400. The number of carbonyl (C=O) groups is 2. The molecule has 0 radical (unpaired) electrons. The summed E-state index contributed by atoms with van der Waals surface area (Å²) in [6.07, 6.45) is 1.43. The van der Waals surface area contributed by atoms with E-state index in [0.29, 0.717) is 6.54 Å². The summed E-state index contributed by atoms with van der Waals surface area (Å²) in [7, 11) is 0. The molecule has 7 nitrogen and oxygen atoms in total. The van der Waals surface area contributed by atoms with Crippen molar-refractivity contribution in [1.82, 2.24) is 14.9 Å². The van der Waals surface area contributed by atoms with Crippen molar-refractivity contribution in [2.45, 2.75) is 18.6 Å². The lowest BCUT2D eigenvalue weighted by Gasteiger charge is -2.10. The van der Waals surface area contributed by atoms with Gasteiger partial charge in [0.05, 0.1) is 5.75 Å². The largest absolute Gasteiger partial charge is 0.481 e. The Bertz CT molecular complexity index is 500. The Morgan fingerprint density at radius 3 is 2.89 bits per heavy atom. The van der Waals surface area contributed by atoms with Gasteiger partial charge in [-0.15, -0.1) is 0 Å². The first kappa shape index (κ1) is 14.2. The highest BCUT2D eigenvalue weighted by molar-refractivity contribution is 7.99. The van der Waals surface area contributed by atoms with E-state index in [2.05, 4.69) is 10.3 Å². The third-order valence-corrected chi connectivity index (χ3v) is 2.84. The summed E-state index contributed by atoms with van der Waals surface area (Å²) in [5, 5.41) is 11.4. The third-order valence-electron chi connectivity index (χ3n) is 1.86. The number of thioether (sulfide) groups is 1. The second-order valence-electron chi connectivity index (χ2n) is 3.31. The highest BCUT2D eigenvalue weighted by Crippen LogP contribution is 2.13. The average Bonchev–Trinajstić information content (AvgIpc) is 2.29. The first-order valence-corrected chi connectivity index (χ1v) is 6.20. The first-order chi connectivity index (χ1) is 8.52. The first-order valence-electron chi connectivity index (χ1n) is 5.21. The fourth-order valence-corrected chi connectivity index (χ4v) is 1.88. The Balaban J connectivity index is 2.85. The number of carboxylic acid groups (broad SMARTS) is 1. The van der Waals surface area contributed by atoms with Crippen molar-refractivity contribution in [2.24, 2.45) is 0 Å². The molecular formula is C10H13N3O4S. The summed E-state index contributed by atoms with van der Waals surface area (Å²) in [6, 6.07) is 1.23. The van der Waals surface area contributed by atoms with Gasteiger partial charge in [0.25, 0.3) is 5.56 Å². The summed E-state index contributed by atoms with van der Waals surface area (Å²) >= 11 is 0.902. The summed E-state index contributed by atoms with van der Waals surface area (Å²) in [5.41, 5.74) is -0.463. The smallest absolute Gasteiger partial charge is 0.313 e.